The van der Waals surface area contributed by atoms with Crippen LogP contribution in [0.5, 0.6) is 0 Å². The van der Waals surface area contributed by atoms with E-state index in [-0.39, 0.29) is 10.8 Å². The van der Waals surface area contributed by atoms with Gasteiger partial charge in [-0.15, -0.1) is 11.3 Å². The number of benzene rings is 2. The summed E-state index contributed by atoms with van der Waals surface area (Å²) in [6, 6.07) is 15.0. The van der Waals surface area contributed by atoms with Gasteiger partial charge in [0.15, 0.2) is 5.13 Å². The molecule has 162 valence electrons. The molecule has 1 amide bonds. The lowest BCUT2D eigenvalue weighted by molar-refractivity contribution is 0.102. The van der Waals surface area contributed by atoms with Crippen LogP contribution in [-0.2, 0) is 22.9 Å². The van der Waals surface area contributed by atoms with Gasteiger partial charge in [0.1, 0.15) is 0 Å². The van der Waals surface area contributed by atoms with Crippen LogP contribution in [0.1, 0.15) is 41.2 Å². The SMILES string of the molecule is CCN(c1ccccc1)S(=O)(=O)c1ccc(C(=O)Nc2nc3c(s2)CC(C)CC3)cc1. The molecule has 1 aromatic heterocycles. The molecule has 0 saturated carbocycles. The van der Waals surface area contributed by atoms with E-state index in [9.17, 15) is 13.2 Å². The molecule has 1 unspecified atom stereocenters. The van der Waals surface area contributed by atoms with Gasteiger partial charge in [-0.2, -0.15) is 0 Å². The first-order valence-electron chi connectivity index (χ1n) is 10.4. The van der Waals surface area contributed by atoms with E-state index in [1.54, 1.807) is 31.2 Å². The highest BCUT2D eigenvalue weighted by Crippen LogP contribution is 2.32. The van der Waals surface area contributed by atoms with Gasteiger partial charge in [-0.1, -0.05) is 25.1 Å². The van der Waals surface area contributed by atoms with Crippen molar-refractivity contribution in [3.05, 3.63) is 70.7 Å². The van der Waals surface area contributed by atoms with Crippen molar-refractivity contribution in [2.45, 2.75) is 38.0 Å². The zero-order valence-corrected chi connectivity index (χ0v) is 19.2. The number of nitrogens with one attached hydrogen (secondary N) is 1. The first-order valence-corrected chi connectivity index (χ1v) is 12.6. The van der Waals surface area contributed by atoms with Crippen molar-refractivity contribution < 1.29 is 13.2 Å². The molecule has 3 aromatic rings. The molecule has 0 radical (unpaired) electrons. The third-order valence-electron chi connectivity index (χ3n) is 5.44. The monoisotopic (exact) mass is 455 g/mol. The number of nitrogens with zero attached hydrogens (tertiary/aromatic N) is 2. The van der Waals surface area contributed by atoms with Crippen molar-refractivity contribution in [1.29, 1.82) is 0 Å². The summed E-state index contributed by atoms with van der Waals surface area (Å²) in [5.41, 5.74) is 2.08. The van der Waals surface area contributed by atoms with Crippen LogP contribution in [0.4, 0.5) is 10.8 Å². The quantitative estimate of drug-likeness (QED) is 0.582. The minimum atomic E-state index is -3.72. The summed E-state index contributed by atoms with van der Waals surface area (Å²) >= 11 is 1.53. The number of rotatable bonds is 6. The molecule has 1 N–H and O–H groups in total. The predicted molar refractivity (Wildman–Crippen MR) is 124 cm³/mol. The molecule has 4 rings (SSSR count). The minimum absolute atomic E-state index is 0.147. The maximum absolute atomic E-state index is 13.1. The Morgan fingerprint density at radius 1 is 1.16 bits per heavy atom. The normalized spacial score (nSPS) is 15.9. The van der Waals surface area contributed by atoms with E-state index in [2.05, 4.69) is 17.2 Å². The van der Waals surface area contributed by atoms with Crippen molar-refractivity contribution >= 4 is 38.1 Å². The van der Waals surface area contributed by atoms with Gasteiger partial charge < -0.3 is 0 Å². The van der Waals surface area contributed by atoms with Gasteiger partial charge in [-0.3, -0.25) is 14.4 Å². The van der Waals surface area contributed by atoms with Crippen LogP contribution < -0.4 is 9.62 Å². The Kier molecular flexibility index (Phi) is 6.11. The van der Waals surface area contributed by atoms with Crippen LogP contribution in [0.2, 0.25) is 0 Å². The van der Waals surface area contributed by atoms with E-state index < -0.39 is 10.0 Å². The number of sulfonamides is 1. The third kappa shape index (κ3) is 4.50. The third-order valence-corrected chi connectivity index (χ3v) is 8.39. The Morgan fingerprint density at radius 3 is 2.55 bits per heavy atom. The fraction of sp³-hybridized carbons (Fsp3) is 0.304. The standard InChI is InChI=1S/C23H25N3O3S2/c1-3-26(18-7-5-4-6-8-18)31(28,29)19-12-10-17(11-13-19)22(27)25-23-24-20-14-9-16(2)15-21(20)30-23/h4-8,10-13,16H,3,9,14-15H2,1-2H3,(H,24,25,27). The number of carbonyl (C=O) groups excluding carboxylic acids is 1. The second kappa shape index (κ2) is 8.80. The summed E-state index contributed by atoms with van der Waals surface area (Å²) in [6.45, 7) is 4.33. The number of aromatic nitrogens is 1. The van der Waals surface area contributed by atoms with Gasteiger partial charge >= 0.3 is 0 Å². The number of para-hydroxylation sites is 1. The van der Waals surface area contributed by atoms with Gasteiger partial charge in [-0.05, 0) is 68.5 Å². The highest BCUT2D eigenvalue weighted by molar-refractivity contribution is 7.92. The van der Waals surface area contributed by atoms with Crippen molar-refractivity contribution in [3.63, 3.8) is 0 Å². The van der Waals surface area contributed by atoms with Crippen LogP contribution in [0.25, 0.3) is 0 Å². The number of hydrogen-bond acceptors (Lipinski definition) is 5. The molecule has 8 heteroatoms. The van der Waals surface area contributed by atoms with Crippen LogP contribution in [0, 0.1) is 5.92 Å². The number of thiazole rings is 1. The molecule has 0 saturated heterocycles. The number of anilines is 2. The average molecular weight is 456 g/mol. The summed E-state index contributed by atoms with van der Waals surface area (Å²) in [7, 11) is -3.72. The van der Waals surface area contributed by atoms with Crippen LogP contribution in [-0.4, -0.2) is 25.9 Å². The Labute approximate surface area is 187 Å². The molecule has 2 aromatic carbocycles. The lowest BCUT2D eigenvalue weighted by atomic mass is 9.93. The van der Waals surface area contributed by atoms with E-state index in [1.165, 1.54) is 44.8 Å². The van der Waals surface area contributed by atoms with Crippen LogP contribution in [0.15, 0.2) is 59.5 Å². The fourth-order valence-corrected chi connectivity index (χ4v) is 6.39. The maximum atomic E-state index is 13.1. The van der Waals surface area contributed by atoms with E-state index in [1.807, 2.05) is 6.07 Å². The van der Waals surface area contributed by atoms with Crippen LogP contribution in [0.3, 0.4) is 0 Å². The summed E-state index contributed by atoms with van der Waals surface area (Å²) in [4.78, 5) is 18.6. The topological polar surface area (TPSA) is 79.4 Å². The molecule has 0 aliphatic heterocycles. The van der Waals surface area contributed by atoms with Crippen LogP contribution >= 0.6 is 11.3 Å². The predicted octanol–water partition coefficient (Wildman–Crippen LogP) is 4.74. The summed E-state index contributed by atoms with van der Waals surface area (Å²) in [6.07, 6.45) is 3.08. The molecule has 31 heavy (non-hydrogen) atoms. The largest absolute Gasteiger partial charge is 0.298 e. The van der Waals surface area contributed by atoms with E-state index in [4.69, 9.17) is 0 Å². The molecule has 1 aliphatic carbocycles. The highest BCUT2D eigenvalue weighted by atomic mass is 32.2. The molecule has 1 aliphatic rings. The molecule has 1 atom stereocenters. The first-order chi connectivity index (χ1) is 14.9. The Bertz CT molecular complexity index is 1170. The molecule has 0 fully saturated rings. The molecule has 6 nitrogen and oxygen atoms in total. The van der Waals surface area contributed by atoms with E-state index >= 15 is 0 Å². The minimum Gasteiger partial charge on any atom is -0.298 e. The summed E-state index contributed by atoms with van der Waals surface area (Å²) in [5.74, 6) is 0.350. The summed E-state index contributed by atoms with van der Waals surface area (Å²) in [5, 5.41) is 3.46. The van der Waals surface area contributed by atoms with Gasteiger partial charge in [-0.25, -0.2) is 13.4 Å². The lowest BCUT2D eigenvalue weighted by Gasteiger charge is -2.22. The number of hydrogen-bond donors (Lipinski definition) is 1. The Morgan fingerprint density at radius 2 is 1.87 bits per heavy atom. The van der Waals surface area contributed by atoms with Crippen molar-refractivity contribution in [2.75, 3.05) is 16.2 Å². The smallest absolute Gasteiger partial charge is 0.264 e. The number of aryl methyl sites for hydroxylation is 1. The molecular formula is C23H25N3O3S2. The number of carbonyl (C=O) groups is 1. The van der Waals surface area contributed by atoms with Crippen molar-refractivity contribution in [3.8, 4) is 0 Å². The second-order valence-electron chi connectivity index (χ2n) is 7.72. The van der Waals surface area contributed by atoms with Gasteiger partial charge in [0, 0.05) is 17.0 Å². The molecule has 1 heterocycles. The zero-order chi connectivity index (χ0) is 22.0. The molecule has 0 spiro atoms. The second-order valence-corrected chi connectivity index (χ2v) is 10.7. The van der Waals surface area contributed by atoms with Gasteiger partial charge in [0.2, 0.25) is 0 Å². The van der Waals surface area contributed by atoms with E-state index in [0.717, 1.165) is 25.0 Å². The Hall–Kier alpha value is -2.71. The fourth-order valence-electron chi connectivity index (χ4n) is 3.75. The zero-order valence-electron chi connectivity index (χ0n) is 17.5. The number of amides is 1. The van der Waals surface area contributed by atoms with Gasteiger partial charge in [0.25, 0.3) is 15.9 Å². The summed E-state index contributed by atoms with van der Waals surface area (Å²) < 4.78 is 27.5. The molecular weight excluding hydrogens is 430 g/mol. The van der Waals surface area contributed by atoms with E-state index in [0.29, 0.717) is 28.8 Å². The lowest BCUT2D eigenvalue weighted by Crippen LogP contribution is -2.30. The highest BCUT2D eigenvalue weighted by Gasteiger charge is 2.24. The molecule has 0 bridgehead atoms. The maximum Gasteiger partial charge on any atom is 0.264 e. The van der Waals surface area contributed by atoms with Crippen molar-refractivity contribution in [2.24, 2.45) is 5.92 Å². The first kappa shape index (κ1) is 21.5. The Balaban J connectivity index is 1.50. The average Bonchev–Trinajstić information content (AvgIpc) is 3.16. The van der Waals surface area contributed by atoms with Crippen molar-refractivity contribution in [1.82, 2.24) is 4.98 Å². The number of fused-ring (bicyclic) bond motifs is 1. The van der Waals surface area contributed by atoms with Gasteiger partial charge in [0.05, 0.1) is 16.3 Å².